The van der Waals surface area contributed by atoms with Gasteiger partial charge < -0.3 is 9.30 Å². The Morgan fingerprint density at radius 2 is 1.42 bits per heavy atom. The number of aromatic nitrogens is 1. The van der Waals surface area contributed by atoms with Gasteiger partial charge in [-0.2, -0.15) is 0 Å². The van der Waals surface area contributed by atoms with Crippen molar-refractivity contribution in [2.24, 2.45) is 7.05 Å². The summed E-state index contributed by atoms with van der Waals surface area (Å²) in [6.07, 6.45) is 2.13. The van der Waals surface area contributed by atoms with Gasteiger partial charge in [-0.1, -0.05) is 36.4 Å². The average molecular weight is 311 g/mol. The number of hydrogen-bond donors (Lipinski definition) is 0. The third-order valence-electron chi connectivity index (χ3n) is 5.07. The Balaban J connectivity index is 2.17. The van der Waals surface area contributed by atoms with Gasteiger partial charge in [-0.05, 0) is 56.6 Å². The van der Waals surface area contributed by atoms with Gasteiger partial charge in [-0.3, -0.25) is 0 Å². The number of hydrogen-bond acceptors (Lipinski definition) is 1. The van der Waals surface area contributed by atoms with Crippen molar-refractivity contribution in [2.75, 3.05) is 7.11 Å². The molecule has 0 bridgehead atoms. The van der Waals surface area contributed by atoms with E-state index in [9.17, 15) is 0 Å². The summed E-state index contributed by atoms with van der Waals surface area (Å²) in [5.41, 5.74) is 1.25. The number of benzene rings is 4. The van der Waals surface area contributed by atoms with Crippen molar-refractivity contribution in [1.82, 2.24) is 4.57 Å². The van der Waals surface area contributed by atoms with Crippen LogP contribution in [0.25, 0.3) is 43.2 Å². The van der Waals surface area contributed by atoms with Gasteiger partial charge in [0.1, 0.15) is 5.75 Å². The first-order valence-corrected chi connectivity index (χ1v) is 8.14. The molecule has 1 aromatic heterocycles. The Kier molecular flexibility index (Phi) is 2.66. The highest BCUT2D eigenvalue weighted by atomic mass is 16.5. The summed E-state index contributed by atoms with van der Waals surface area (Å²) in [4.78, 5) is 0. The van der Waals surface area contributed by atoms with Crippen molar-refractivity contribution < 1.29 is 4.74 Å². The molecule has 0 aliphatic carbocycles. The van der Waals surface area contributed by atoms with Crippen LogP contribution in [0.15, 0.2) is 66.9 Å². The molecule has 0 aliphatic rings. The van der Waals surface area contributed by atoms with Crippen LogP contribution in [0.5, 0.6) is 5.75 Å². The van der Waals surface area contributed by atoms with Crippen LogP contribution in [-0.4, -0.2) is 11.7 Å². The minimum absolute atomic E-state index is 0.895. The van der Waals surface area contributed by atoms with E-state index in [1.54, 1.807) is 7.11 Å². The van der Waals surface area contributed by atoms with Gasteiger partial charge >= 0.3 is 0 Å². The molecular formula is C22H17NO. The maximum Gasteiger partial charge on any atom is 0.119 e. The summed E-state index contributed by atoms with van der Waals surface area (Å²) < 4.78 is 7.67. The number of nitrogens with zero attached hydrogens (tertiary/aromatic N) is 1. The van der Waals surface area contributed by atoms with Gasteiger partial charge in [0, 0.05) is 24.1 Å². The summed E-state index contributed by atoms with van der Waals surface area (Å²) in [5.74, 6) is 0.895. The SMILES string of the molecule is COc1ccc2c3ccccc3c3ccc4c(ccn4C)c3c2c1. The second-order valence-corrected chi connectivity index (χ2v) is 6.30. The fourth-order valence-electron chi connectivity index (χ4n) is 3.91. The Hall–Kier alpha value is -3.00. The molecule has 0 spiro atoms. The molecule has 5 rings (SSSR count). The van der Waals surface area contributed by atoms with Crippen LogP contribution in [0.3, 0.4) is 0 Å². The lowest BCUT2D eigenvalue weighted by molar-refractivity contribution is 0.415. The van der Waals surface area contributed by atoms with E-state index in [2.05, 4.69) is 72.4 Å². The van der Waals surface area contributed by atoms with Crippen molar-refractivity contribution in [3.8, 4) is 5.75 Å². The van der Waals surface area contributed by atoms with Crippen LogP contribution < -0.4 is 4.74 Å². The fourth-order valence-corrected chi connectivity index (χ4v) is 3.91. The first-order valence-electron chi connectivity index (χ1n) is 8.14. The van der Waals surface area contributed by atoms with E-state index in [0.717, 1.165) is 5.75 Å². The lowest BCUT2D eigenvalue weighted by Gasteiger charge is -2.12. The highest BCUT2D eigenvalue weighted by Gasteiger charge is 2.12. The third kappa shape index (κ3) is 1.65. The Morgan fingerprint density at radius 1 is 0.708 bits per heavy atom. The van der Waals surface area contributed by atoms with Gasteiger partial charge in [0.15, 0.2) is 0 Å². The van der Waals surface area contributed by atoms with Crippen LogP contribution in [-0.2, 0) is 7.05 Å². The predicted octanol–water partition coefficient (Wildman–Crippen LogP) is 5.65. The van der Waals surface area contributed by atoms with Crippen molar-refractivity contribution in [2.45, 2.75) is 0 Å². The predicted molar refractivity (Wildman–Crippen MR) is 102 cm³/mol. The van der Waals surface area contributed by atoms with Crippen molar-refractivity contribution in [3.63, 3.8) is 0 Å². The molecule has 5 aromatic rings. The molecule has 116 valence electrons. The van der Waals surface area contributed by atoms with Crippen molar-refractivity contribution in [3.05, 3.63) is 66.9 Å². The monoisotopic (exact) mass is 311 g/mol. The lowest BCUT2D eigenvalue weighted by atomic mass is 9.92. The summed E-state index contributed by atoms with van der Waals surface area (Å²) >= 11 is 0. The van der Waals surface area contributed by atoms with Crippen molar-refractivity contribution in [1.29, 1.82) is 0 Å². The van der Waals surface area contributed by atoms with Gasteiger partial charge in [0.2, 0.25) is 0 Å². The van der Waals surface area contributed by atoms with Gasteiger partial charge in [-0.15, -0.1) is 0 Å². The van der Waals surface area contributed by atoms with Crippen LogP contribution in [0.2, 0.25) is 0 Å². The number of ether oxygens (including phenoxy) is 1. The zero-order chi connectivity index (χ0) is 16.3. The molecule has 2 heteroatoms. The molecule has 0 unspecified atom stereocenters. The number of fused-ring (bicyclic) bond motifs is 8. The van der Waals surface area contributed by atoms with Crippen LogP contribution in [0.1, 0.15) is 0 Å². The third-order valence-corrected chi connectivity index (χ3v) is 5.07. The van der Waals surface area contributed by atoms with Crippen LogP contribution in [0, 0.1) is 0 Å². The van der Waals surface area contributed by atoms with E-state index in [-0.39, 0.29) is 0 Å². The minimum atomic E-state index is 0.895. The molecule has 4 aromatic carbocycles. The van der Waals surface area contributed by atoms with E-state index in [1.165, 1.54) is 43.2 Å². The van der Waals surface area contributed by atoms with Gasteiger partial charge in [0.25, 0.3) is 0 Å². The molecule has 0 saturated carbocycles. The second-order valence-electron chi connectivity index (χ2n) is 6.30. The maximum absolute atomic E-state index is 5.50. The molecule has 0 saturated heterocycles. The Labute approximate surface area is 139 Å². The van der Waals surface area contributed by atoms with E-state index in [1.807, 2.05) is 6.07 Å². The van der Waals surface area contributed by atoms with E-state index in [0.29, 0.717) is 0 Å². The number of methoxy groups -OCH3 is 1. The zero-order valence-corrected chi connectivity index (χ0v) is 13.7. The second kappa shape index (κ2) is 4.75. The van der Waals surface area contributed by atoms with Crippen LogP contribution >= 0.6 is 0 Å². The number of rotatable bonds is 1. The van der Waals surface area contributed by atoms with E-state index in [4.69, 9.17) is 4.74 Å². The highest BCUT2D eigenvalue weighted by molar-refractivity contribution is 6.31. The average Bonchev–Trinajstić information content (AvgIpc) is 3.02. The van der Waals surface area contributed by atoms with Crippen LogP contribution in [0.4, 0.5) is 0 Å². The largest absolute Gasteiger partial charge is 0.497 e. The normalized spacial score (nSPS) is 11.8. The zero-order valence-electron chi connectivity index (χ0n) is 13.7. The molecule has 0 fully saturated rings. The van der Waals surface area contributed by atoms with Gasteiger partial charge in [-0.25, -0.2) is 0 Å². The Bertz CT molecular complexity index is 1250. The highest BCUT2D eigenvalue weighted by Crippen LogP contribution is 2.40. The summed E-state index contributed by atoms with van der Waals surface area (Å²) in [7, 11) is 3.82. The van der Waals surface area contributed by atoms with E-state index >= 15 is 0 Å². The smallest absolute Gasteiger partial charge is 0.119 e. The Morgan fingerprint density at radius 3 is 2.21 bits per heavy atom. The van der Waals surface area contributed by atoms with Crippen molar-refractivity contribution >= 4 is 43.2 Å². The van der Waals surface area contributed by atoms with E-state index < -0.39 is 0 Å². The molecule has 0 N–H and O–H groups in total. The molecule has 0 radical (unpaired) electrons. The maximum atomic E-state index is 5.50. The topological polar surface area (TPSA) is 14.2 Å². The summed E-state index contributed by atoms with van der Waals surface area (Å²) in [6, 6.07) is 21.7. The fraction of sp³-hybridized carbons (Fsp3) is 0.0909. The first-order chi connectivity index (χ1) is 11.8. The molecule has 0 amide bonds. The standard InChI is InChI=1S/C22H17NO/c1-23-12-11-19-21(23)10-9-18-16-6-4-3-5-15(16)17-8-7-14(24-2)13-20(17)22(18)19/h3-13H,1-2H3. The molecule has 1 heterocycles. The van der Waals surface area contributed by atoms with Gasteiger partial charge in [0.05, 0.1) is 7.11 Å². The molecule has 0 atom stereocenters. The first kappa shape index (κ1) is 13.4. The minimum Gasteiger partial charge on any atom is -0.497 e. The molecule has 2 nitrogen and oxygen atoms in total. The molecule has 0 aliphatic heterocycles. The number of aryl methyl sites for hydroxylation is 1. The quantitative estimate of drug-likeness (QED) is 0.365. The summed E-state index contributed by atoms with van der Waals surface area (Å²) in [5, 5.41) is 9.01. The lowest BCUT2D eigenvalue weighted by Crippen LogP contribution is -1.88. The molecule has 24 heavy (non-hydrogen) atoms. The summed E-state index contributed by atoms with van der Waals surface area (Å²) in [6.45, 7) is 0. The molecular weight excluding hydrogens is 294 g/mol.